The summed E-state index contributed by atoms with van der Waals surface area (Å²) in [4.78, 5) is 15.4. The molecule has 4 nitrogen and oxygen atoms in total. The van der Waals surface area contributed by atoms with Crippen molar-refractivity contribution in [1.29, 1.82) is 0 Å². The van der Waals surface area contributed by atoms with Gasteiger partial charge in [-0.1, -0.05) is 15.9 Å². The first-order valence-electron chi connectivity index (χ1n) is 5.35. The van der Waals surface area contributed by atoms with Gasteiger partial charge in [-0.2, -0.15) is 5.10 Å². The third-order valence-electron chi connectivity index (χ3n) is 2.27. The number of benzene rings is 1. The van der Waals surface area contributed by atoms with Crippen molar-refractivity contribution in [2.24, 2.45) is 5.10 Å². The highest BCUT2D eigenvalue weighted by molar-refractivity contribution is 9.10. The summed E-state index contributed by atoms with van der Waals surface area (Å²) in [5.74, 6) is -0.792. The average Bonchev–Trinajstić information content (AvgIpc) is 2.43. The van der Waals surface area contributed by atoms with Crippen LogP contribution in [-0.4, -0.2) is 17.1 Å². The quantitative estimate of drug-likeness (QED) is 0.698. The molecule has 96 valence electrons. The van der Waals surface area contributed by atoms with Crippen molar-refractivity contribution in [3.05, 3.63) is 64.1 Å². The molecule has 0 aliphatic heterocycles. The summed E-state index contributed by atoms with van der Waals surface area (Å²) in [6.07, 6.45) is 4.26. The zero-order valence-electron chi connectivity index (χ0n) is 9.68. The van der Waals surface area contributed by atoms with Gasteiger partial charge in [0.1, 0.15) is 5.82 Å². The lowest BCUT2D eigenvalue weighted by Gasteiger charge is -1.99. The number of rotatable bonds is 3. The molecule has 0 radical (unpaired) electrons. The number of carbonyl (C=O) groups excluding carboxylic acids is 1. The summed E-state index contributed by atoms with van der Waals surface area (Å²) in [7, 11) is 0. The van der Waals surface area contributed by atoms with Gasteiger partial charge in [0.2, 0.25) is 0 Å². The predicted molar refractivity (Wildman–Crippen MR) is 73.4 cm³/mol. The van der Waals surface area contributed by atoms with E-state index in [0.717, 1.165) is 4.47 Å². The summed E-state index contributed by atoms with van der Waals surface area (Å²) in [5, 5.41) is 3.71. The van der Waals surface area contributed by atoms with Crippen LogP contribution in [0.1, 0.15) is 15.9 Å². The molecule has 0 fully saturated rings. The molecular formula is C13H9BrFN3O. The Morgan fingerprint density at radius 2 is 2.05 bits per heavy atom. The lowest BCUT2D eigenvalue weighted by atomic mass is 10.2. The van der Waals surface area contributed by atoms with E-state index in [1.165, 1.54) is 24.7 Å². The zero-order valence-corrected chi connectivity index (χ0v) is 11.3. The van der Waals surface area contributed by atoms with E-state index >= 15 is 0 Å². The first-order valence-corrected chi connectivity index (χ1v) is 6.14. The summed E-state index contributed by atoms with van der Waals surface area (Å²) >= 11 is 3.23. The molecule has 0 unspecified atom stereocenters. The summed E-state index contributed by atoms with van der Waals surface area (Å²) in [6, 6.07) is 7.59. The van der Waals surface area contributed by atoms with Crippen LogP contribution in [0.3, 0.4) is 0 Å². The number of hydrogen-bond donors (Lipinski definition) is 1. The van der Waals surface area contributed by atoms with E-state index < -0.39 is 5.82 Å². The largest absolute Gasteiger partial charge is 0.271 e. The van der Waals surface area contributed by atoms with Gasteiger partial charge in [-0.15, -0.1) is 0 Å². The lowest BCUT2D eigenvalue weighted by Crippen LogP contribution is -2.17. The molecule has 2 rings (SSSR count). The number of nitrogens with one attached hydrogen (secondary N) is 1. The molecule has 6 heteroatoms. The van der Waals surface area contributed by atoms with Crippen molar-refractivity contribution in [3.63, 3.8) is 0 Å². The van der Waals surface area contributed by atoms with Crippen LogP contribution >= 0.6 is 15.9 Å². The van der Waals surface area contributed by atoms with E-state index in [4.69, 9.17) is 0 Å². The number of hydrogen-bond acceptors (Lipinski definition) is 3. The van der Waals surface area contributed by atoms with Crippen LogP contribution in [0.15, 0.2) is 52.3 Å². The third-order valence-corrected chi connectivity index (χ3v) is 2.76. The second kappa shape index (κ2) is 6.19. The zero-order chi connectivity index (χ0) is 13.7. The highest BCUT2D eigenvalue weighted by Crippen LogP contribution is 2.13. The van der Waals surface area contributed by atoms with Crippen molar-refractivity contribution in [2.45, 2.75) is 0 Å². The smallest absolute Gasteiger partial charge is 0.267 e. The van der Waals surface area contributed by atoms with Gasteiger partial charge in [-0.05, 0) is 30.3 Å². The van der Waals surface area contributed by atoms with Crippen LogP contribution in [0.25, 0.3) is 0 Å². The average molecular weight is 322 g/mol. The van der Waals surface area contributed by atoms with Gasteiger partial charge < -0.3 is 0 Å². The maximum absolute atomic E-state index is 13.4. The summed E-state index contributed by atoms with van der Waals surface area (Å²) in [5.41, 5.74) is 3.03. The molecule has 0 saturated carbocycles. The number of hydrazone groups is 1. The van der Waals surface area contributed by atoms with Crippen LogP contribution in [0.5, 0.6) is 0 Å². The molecule has 1 amide bonds. The second-order valence-corrected chi connectivity index (χ2v) is 4.52. The minimum absolute atomic E-state index is 0.282. The summed E-state index contributed by atoms with van der Waals surface area (Å²) < 4.78 is 14.1. The molecular weight excluding hydrogens is 313 g/mol. The van der Waals surface area contributed by atoms with E-state index in [0.29, 0.717) is 5.56 Å². The molecule has 1 heterocycles. The standard InChI is InChI=1S/C13H9BrFN3O/c14-11-1-2-12(15)10(7-11)8-17-18-13(19)9-3-5-16-6-4-9/h1-8H,(H,18,19). The Morgan fingerprint density at radius 3 is 2.79 bits per heavy atom. The van der Waals surface area contributed by atoms with Crippen molar-refractivity contribution in [2.75, 3.05) is 0 Å². The first-order chi connectivity index (χ1) is 9.16. The van der Waals surface area contributed by atoms with E-state index in [1.807, 2.05) is 0 Å². The molecule has 1 aromatic carbocycles. The lowest BCUT2D eigenvalue weighted by molar-refractivity contribution is 0.0955. The van der Waals surface area contributed by atoms with Crippen LogP contribution in [-0.2, 0) is 0 Å². The molecule has 2 aromatic rings. The Labute approximate surface area is 117 Å². The molecule has 19 heavy (non-hydrogen) atoms. The molecule has 0 saturated heterocycles. The fourth-order valence-corrected chi connectivity index (χ4v) is 1.72. The predicted octanol–water partition coefficient (Wildman–Crippen LogP) is 2.75. The molecule has 0 bridgehead atoms. The number of nitrogens with zero attached hydrogens (tertiary/aromatic N) is 2. The Morgan fingerprint density at radius 1 is 1.32 bits per heavy atom. The Kier molecular flexibility index (Phi) is 4.35. The number of carbonyl (C=O) groups is 1. The highest BCUT2D eigenvalue weighted by Gasteiger charge is 2.03. The van der Waals surface area contributed by atoms with Gasteiger partial charge in [0, 0.05) is 28.0 Å². The number of amides is 1. The second-order valence-electron chi connectivity index (χ2n) is 3.60. The van der Waals surface area contributed by atoms with Crippen LogP contribution in [0, 0.1) is 5.82 Å². The molecule has 0 spiro atoms. The van der Waals surface area contributed by atoms with Crippen molar-refractivity contribution < 1.29 is 9.18 Å². The Balaban J connectivity index is 2.04. The van der Waals surface area contributed by atoms with Crippen LogP contribution in [0.4, 0.5) is 4.39 Å². The monoisotopic (exact) mass is 321 g/mol. The normalized spacial score (nSPS) is 10.6. The molecule has 1 N–H and O–H groups in total. The van der Waals surface area contributed by atoms with Crippen LogP contribution in [0.2, 0.25) is 0 Å². The fourth-order valence-electron chi connectivity index (χ4n) is 1.34. The maximum atomic E-state index is 13.4. The van der Waals surface area contributed by atoms with Gasteiger partial charge in [0.05, 0.1) is 6.21 Å². The minimum atomic E-state index is -0.412. The van der Waals surface area contributed by atoms with Crippen molar-refractivity contribution in [1.82, 2.24) is 10.4 Å². The molecule has 0 aliphatic carbocycles. The van der Waals surface area contributed by atoms with Gasteiger partial charge in [-0.25, -0.2) is 9.82 Å². The van der Waals surface area contributed by atoms with E-state index in [-0.39, 0.29) is 11.5 Å². The SMILES string of the molecule is O=C(NN=Cc1cc(Br)ccc1F)c1ccncc1. The third kappa shape index (κ3) is 3.69. The van der Waals surface area contributed by atoms with Crippen LogP contribution < -0.4 is 5.43 Å². The van der Waals surface area contributed by atoms with Crippen molar-refractivity contribution in [3.8, 4) is 0 Å². The number of pyridine rings is 1. The highest BCUT2D eigenvalue weighted by atomic mass is 79.9. The number of aromatic nitrogens is 1. The van der Waals surface area contributed by atoms with Gasteiger partial charge >= 0.3 is 0 Å². The molecule has 1 aromatic heterocycles. The van der Waals surface area contributed by atoms with Crippen molar-refractivity contribution >= 4 is 28.1 Å². The van der Waals surface area contributed by atoms with Gasteiger partial charge in [0.15, 0.2) is 0 Å². The van der Waals surface area contributed by atoms with E-state index in [1.54, 1.807) is 24.3 Å². The first kappa shape index (κ1) is 13.4. The van der Waals surface area contributed by atoms with E-state index in [9.17, 15) is 9.18 Å². The Bertz CT molecular complexity index is 617. The van der Waals surface area contributed by atoms with Gasteiger partial charge in [0.25, 0.3) is 5.91 Å². The van der Waals surface area contributed by atoms with E-state index in [2.05, 4.69) is 31.4 Å². The maximum Gasteiger partial charge on any atom is 0.271 e. The fraction of sp³-hybridized carbons (Fsp3) is 0. The minimum Gasteiger partial charge on any atom is -0.267 e. The summed E-state index contributed by atoms with van der Waals surface area (Å²) in [6.45, 7) is 0. The van der Waals surface area contributed by atoms with Gasteiger partial charge in [-0.3, -0.25) is 9.78 Å². The molecule has 0 aliphatic rings. The Hall–Kier alpha value is -2.08. The number of halogens is 2. The topological polar surface area (TPSA) is 54.4 Å². The molecule has 0 atom stereocenters.